The second-order valence-electron chi connectivity index (χ2n) is 7.04. The SMILES string of the molecule is O=C1C(=O)N(c2ccc(C(F)(F)F)cc2)C(c2cccc(O)c2)/C1=C(\O)c1ccncc1. The van der Waals surface area contributed by atoms with Crippen LogP contribution in [0.1, 0.15) is 22.7 Å². The highest BCUT2D eigenvalue weighted by Gasteiger charge is 2.47. The largest absolute Gasteiger partial charge is 0.508 e. The second kappa shape index (κ2) is 7.84. The first kappa shape index (κ1) is 21.1. The number of benzene rings is 2. The van der Waals surface area contributed by atoms with E-state index in [0.717, 1.165) is 29.2 Å². The molecule has 1 fully saturated rings. The Morgan fingerprint density at radius 3 is 2.22 bits per heavy atom. The van der Waals surface area contributed by atoms with E-state index in [0.29, 0.717) is 5.56 Å². The molecular formula is C23H15F3N2O4. The lowest BCUT2D eigenvalue weighted by molar-refractivity contribution is -0.137. The number of carbonyl (C=O) groups is 2. The van der Waals surface area contributed by atoms with Gasteiger partial charge in [-0.25, -0.2) is 0 Å². The molecule has 2 heterocycles. The van der Waals surface area contributed by atoms with Gasteiger partial charge in [0.25, 0.3) is 11.7 Å². The predicted octanol–water partition coefficient (Wildman–Crippen LogP) is 4.43. The van der Waals surface area contributed by atoms with Gasteiger partial charge in [0.1, 0.15) is 11.5 Å². The van der Waals surface area contributed by atoms with Crippen molar-refractivity contribution in [2.24, 2.45) is 0 Å². The molecule has 6 nitrogen and oxygen atoms in total. The van der Waals surface area contributed by atoms with E-state index in [-0.39, 0.29) is 22.6 Å². The lowest BCUT2D eigenvalue weighted by Crippen LogP contribution is -2.29. The zero-order valence-corrected chi connectivity index (χ0v) is 16.2. The summed E-state index contributed by atoms with van der Waals surface area (Å²) in [5.41, 5.74) is -0.618. The molecule has 9 heteroatoms. The zero-order valence-electron chi connectivity index (χ0n) is 16.2. The molecule has 1 saturated heterocycles. The van der Waals surface area contributed by atoms with Gasteiger partial charge in [-0.1, -0.05) is 12.1 Å². The van der Waals surface area contributed by atoms with E-state index in [4.69, 9.17) is 0 Å². The van der Waals surface area contributed by atoms with Crippen molar-refractivity contribution in [3.05, 3.63) is 95.3 Å². The van der Waals surface area contributed by atoms with Crippen molar-refractivity contribution < 1.29 is 33.0 Å². The van der Waals surface area contributed by atoms with E-state index in [9.17, 15) is 33.0 Å². The number of pyridine rings is 1. The number of aromatic hydroxyl groups is 1. The maximum atomic E-state index is 13.0. The molecule has 0 radical (unpaired) electrons. The molecule has 1 atom stereocenters. The molecule has 1 aliphatic heterocycles. The summed E-state index contributed by atoms with van der Waals surface area (Å²) in [6, 6.07) is 11.2. The van der Waals surface area contributed by atoms with Crippen LogP contribution in [-0.2, 0) is 15.8 Å². The van der Waals surface area contributed by atoms with Gasteiger partial charge in [0.05, 0.1) is 17.2 Å². The third kappa shape index (κ3) is 3.68. The van der Waals surface area contributed by atoms with Gasteiger partial charge in [-0.15, -0.1) is 0 Å². The summed E-state index contributed by atoms with van der Waals surface area (Å²) in [5, 5.41) is 20.8. The number of Topliss-reactive ketones (excluding diaryl/α,β-unsaturated/α-hetero) is 1. The molecule has 1 aromatic heterocycles. The highest BCUT2D eigenvalue weighted by Crippen LogP contribution is 2.43. The fourth-order valence-electron chi connectivity index (χ4n) is 3.59. The molecular weight excluding hydrogens is 425 g/mol. The van der Waals surface area contributed by atoms with Crippen molar-refractivity contribution in [3.8, 4) is 5.75 Å². The van der Waals surface area contributed by atoms with Crippen LogP contribution >= 0.6 is 0 Å². The van der Waals surface area contributed by atoms with Crippen LogP contribution in [0.4, 0.5) is 18.9 Å². The van der Waals surface area contributed by atoms with Gasteiger partial charge in [-0.05, 0) is 54.1 Å². The number of aliphatic hydroxyl groups is 1. The van der Waals surface area contributed by atoms with Crippen molar-refractivity contribution in [1.29, 1.82) is 0 Å². The van der Waals surface area contributed by atoms with Crippen LogP contribution in [0.15, 0.2) is 78.6 Å². The molecule has 0 bridgehead atoms. The number of phenols is 1. The highest BCUT2D eigenvalue weighted by molar-refractivity contribution is 6.51. The van der Waals surface area contributed by atoms with Gasteiger partial charge in [0.15, 0.2) is 0 Å². The van der Waals surface area contributed by atoms with Gasteiger partial charge in [-0.2, -0.15) is 13.2 Å². The fraction of sp³-hybridized carbons (Fsp3) is 0.0870. The van der Waals surface area contributed by atoms with Gasteiger partial charge >= 0.3 is 6.18 Å². The second-order valence-corrected chi connectivity index (χ2v) is 7.04. The van der Waals surface area contributed by atoms with Gasteiger partial charge < -0.3 is 10.2 Å². The van der Waals surface area contributed by atoms with Crippen LogP contribution in [0.25, 0.3) is 5.76 Å². The van der Waals surface area contributed by atoms with Crippen molar-refractivity contribution in [3.63, 3.8) is 0 Å². The molecule has 0 saturated carbocycles. The van der Waals surface area contributed by atoms with E-state index < -0.39 is 35.2 Å². The minimum Gasteiger partial charge on any atom is -0.508 e. The Bertz CT molecular complexity index is 1220. The van der Waals surface area contributed by atoms with Crippen molar-refractivity contribution in [1.82, 2.24) is 4.98 Å². The van der Waals surface area contributed by atoms with E-state index in [2.05, 4.69) is 4.98 Å². The normalized spacial score (nSPS) is 18.2. The Balaban J connectivity index is 1.91. The maximum Gasteiger partial charge on any atom is 0.416 e. The van der Waals surface area contributed by atoms with Crippen LogP contribution in [0, 0.1) is 0 Å². The average molecular weight is 440 g/mol. The van der Waals surface area contributed by atoms with Gasteiger partial charge in [-0.3, -0.25) is 19.5 Å². The summed E-state index contributed by atoms with van der Waals surface area (Å²) in [7, 11) is 0. The first-order chi connectivity index (χ1) is 15.2. The molecule has 2 aromatic carbocycles. The Labute approximate surface area is 179 Å². The standard InChI is InChI=1S/C23H15F3N2O4/c24-23(25,26)15-4-6-16(7-5-15)28-19(14-2-1-3-17(29)12-14)18(21(31)22(28)32)20(30)13-8-10-27-11-9-13/h1-12,19,29-30H/b20-18+. The number of hydrogen-bond donors (Lipinski definition) is 2. The number of alkyl halides is 3. The number of aromatic nitrogens is 1. The molecule has 1 amide bonds. The summed E-state index contributed by atoms with van der Waals surface area (Å²) in [5.74, 6) is -2.64. The summed E-state index contributed by atoms with van der Waals surface area (Å²) < 4.78 is 38.9. The number of anilines is 1. The number of halogens is 3. The summed E-state index contributed by atoms with van der Waals surface area (Å²) >= 11 is 0. The van der Waals surface area contributed by atoms with Crippen molar-refractivity contribution in [2.45, 2.75) is 12.2 Å². The maximum absolute atomic E-state index is 13.0. The van der Waals surface area contributed by atoms with Crippen LogP contribution in [0.3, 0.4) is 0 Å². The number of hydrogen-bond acceptors (Lipinski definition) is 5. The predicted molar refractivity (Wildman–Crippen MR) is 109 cm³/mol. The Hall–Kier alpha value is -4.14. The number of amides is 1. The fourth-order valence-corrected chi connectivity index (χ4v) is 3.59. The number of phenolic OH excluding ortho intramolecular Hbond substituents is 1. The molecule has 1 aliphatic rings. The number of aliphatic hydroxyl groups excluding tert-OH is 1. The monoisotopic (exact) mass is 440 g/mol. The van der Waals surface area contributed by atoms with Crippen LogP contribution in [0.2, 0.25) is 0 Å². The first-order valence-corrected chi connectivity index (χ1v) is 9.36. The topological polar surface area (TPSA) is 90.7 Å². The Kier molecular flexibility index (Phi) is 5.17. The highest BCUT2D eigenvalue weighted by atomic mass is 19.4. The Morgan fingerprint density at radius 1 is 0.969 bits per heavy atom. The number of rotatable bonds is 3. The lowest BCUT2D eigenvalue weighted by Gasteiger charge is -2.25. The minimum atomic E-state index is -4.57. The third-order valence-electron chi connectivity index (χ3n) is 5.06. The quantitative estimate of drug-likeness (QED) is 0.357. The number of carbonyl (C=O) groups excluding carboxylic acids is 2. The van der Waals surface area contributed by atoms with Gasteiger partial charge in [0.2, 0.25) is 0 Å². The number of ketones is 1. The van der Waals surface area contributed by atoms with Crippen LogP contribution in [0.5, 0.6) is 5.75 Å². The smallest absolute Gasteiger partial charge is 0.416 e. The molecule has 0 aliphatic carbocycles. The first-order valence-electron chi connectivity index (χ1n) is 9.36. The summed E-state index contributed by atoms with van der Waals surface area (Å²) in [4.78, 5) is 30.7. The molecule has 4 rings (SSSR count). The van der Waals surface area contributed by atoms with E-state index in [1.54, 1.807) is 0 Å². The average Bonchev–Trinajstić information content (AvgIpc) is 3.04. The molecule has 162 valence electrons. The molecule has 1 unspecified atom stereocenters. The zero-order chi connectivity index (χ0) is 23.0. The molecule has 3 aromatic rings. The van der Waals surface area contributed by atoms with E-state index >= 15 is 0 Å². The van der Waals surface area contributed by atoms with E-state index in [1.807, 2.05) is 0 Å². The summed E-state index contributed by atoms with van der Waals surface area (Å²) in [6.07, 6.45) is -1.78. The van der Waals surface area contributed by atoms with E-state index in [1.165, 1.54) is 48.8 Å². The molecule has 2 N–H and O–H groups in total. The van der Waals surface area contributed by atoms with Crippen LogP contribution < -0.4 is 4.90 Å². The minimum absolute atomic E-state index is 0.0298. The van der Waals surface area contributed by atoms with Crippen molar-refractivity contribution >= 4 is 23.1 Å². The molecule has 0 spiro atoms. The van der Waals surface area contributed by atoms with Gasteiger partial charge in [0, 0.05) is 23.6 Å². The lowest BCUT2D eigenvalue weighted by atomic mass is 9.95. The molecule has 32 heavy (non-hydrogen) atoms. The number of nitrogens with zero attached hydrogens (tertiary/aromatic N) is 2. The summed E-state index contributed by atoms with van der Waals surface area (Å²) in [6.45, 7) is 0. The third-order valence-corrected chi connectivity index (χ3v) is 5.06. The van der Waals surface area contributed by atoms with Crippen LogP contribution in [-0.4, -0.2) is 26.9 Å². The Morgan fingerprint density at radius 2 is 1.62 bits per heavy atom. The van der Waals surface area contributed by atoms with Crippen molar-refractivity contribution in [2.75, 3.05) is 4.90 Å².